The summed E-state index contributed by atoms with van der Waals surface area (Å²) < 4.78 is 54.0. The van der Waals surface area contributed by atoms with E-state index in [1.165, 1.54) is 0 Å². The number of hydrogen-bond donors (Lipinski definition) is 1. The Labute approximate surface area is 150 Å². The maximum atomic E-state index is 13.2. The molecule has 0 saturated heterocycles. The molecule has 1 aromatic carbocycles. The molecule has 1 aliphatic rings. The van der Waals surface area contributed by atoms with E-state index >= 15 is 0 Å². The molecule has 8 nitrogen and oxygen atoms in total. The molecule has 0 bridgehead atoms. The Hall–Kier alpha value is -3.08. The highest BCUT2D eigenvalue weighted by molar-refractivity contribution is 6.05. The fourth-order valence-electron chi connectivity index (χ4n) is 2.56. The quantitative estimate of drug-likeness (QED) is 0.778. The van der Waals surface area contributed by atoms with Crippen molar-refractivity contribution in [1.29, 1.82) is 0 Å². The van der Waals surface area contributed by atoms with Gasteiger partial charge in [0.15, 0.2) is 0 Å². The Kier molecular flexibility index (Phi) is 5.74. The summed E-state index contributed by atoms with van der Waals surface area (Å²) in [4.78, 5) is 36.5. The van der Waals surface area contributed by atoms with Gasteiger partial charge in [-0.05, 0) is 12.1 Å². The first-order valence-corrected chi connectivity index (χ1v) is 7.32. The van der Waals surface area contributed by atoms with Gasteiger partial charge >= 0.3 is 24.1 Å². The Bertz CT molecular complexity index is 817. The van der Waals surface area contributed by atoms with Crippen LogP contribution in [0.25, 0.3) is 0 Å². The van der Waals surface area contributed by atoms with Gasteiger partial charge in [-0.25, -0.2) is 14.4 Å². The average Bonchev–Trinajstić information content (AvgIpc) is 2.64. The minimum absolute atomic E-state index is 0.315. The highest BCUT2D eigenvalue weighted by Gasteiger charge is 2.40. The number of methoxy groups -OCH3 is 2. The summed E-state index contributed by atoms with van der Waals surface area (Å²) in [6.07, 6.45) is -4.96. The monoisotopic (exact) mass is 389 g/mol. The molecule has 27 heavy (non-hydrogen) atoms. The van der Waals surface area contributed by atoms with E-state index < -0.39 is 53.3 Å². The summed E-state index contributed by atoms with van der Waals surface area (Å²) in [5.74, 6) is -3.90. The third-order valence-electron chi connectivity index (χ3n) is 3.69. The second-order valence-electron chi connectivity index (χ2n) is 5.22. The van der Waals surface area contributed by atoms with Gasteiger partial charge in [0, 0.05) is 0 Å². The largest absolute Gasteiger partial charge is 0.478 e. The van der Waals surface area contributed by atoms with E-state index in [1.54, 1.807) is 0 Å². The van der Waals surface area contributed by atoms with Gasteiger partial charge in [0.1, 0.15) is 12.4 Å². The number of carboxylic acids is 1. The maximum Gasteiger partial charge on any atom is 0.417 e. The number of benzene rings is 1. The van der Waals surface area contributed by atoms with Crippen molar-refractivity contribution in [3.63, 3.8) is 0 Å². The van der Waals surface area contributed by atoms with Crippen molar-refractivity contribution in [3.05, 3.63) is 40.6 Å². The number of anilines is 1. The molecule has 2 rings (SSSR count). The first-order chi connectivity index (χ1) is 12.6. The minimum atomic E-state index is -4.96. The number of halogens is 3. The number of esters is 2. The van der Waals surface area contributed by atoms with Gasteiger partial charge in [-0.15, -0.1) is 0 Å². The SMILES string of the molecule is COC(=O)C1=C(C(=O)OC)N(c2cccc(C(F)(F)F)c2C(=O)O)COC1. The van der Waals surface area contributed by atoms with E-state index in [0.29, 0.717) is 6.07 Å². The predicted molar refractivity (Wildman–Crippen MR) is 82.8 cm³/mol. The van der Waals surface area contributed by atoms with E-state index in [2.05, 4.69) is 9.47 Å². The van der Waals surface area contributed by atoms with Crippen molar-refractivity contribution in [2.45, 2.75) is 6.18 Å². The van der Waals surface area contributed by atoms with Crippen molar-refractivity contribution >= 4 is 23.6 Å². The molecule has 0 unspecified atom stereocenters. The molecule has 1 aliphatic heterocycles. The number of hydrogen-bond acceptors (Lipinski definition) is 7. The molecule has 1 N–H and O–H groups in total. The van der Waals surface area contributed by atoms with Gasteiger partial charge in [0.05, 0.1) is 43.2 Å². The number of ether oxygens (including phenoxy) is 3. The van der Waals surface area contributed by atoms with Gasteiger partial charge in [0.25, 0.3) is 0 Å². The minimum Gasteiger partial charge on any atom is -0.478 e. The molecule has 1 aromatic rings. The molecule has 0 aliphatic carbocycles. The summed E-state index contributed by atoms with van der Waals surface area (Å²) in [5.41, 5.74) is -3.77. The first-order valence-electron chi connectivity index (χ1n) is 7.32. The third-order valence-corrected chi connectivity index (χ3v) is 3.69. The lowest BCUT2D eigenvalue weighted by Crippen LogP contribution is -2.39. The van der Waals surface area contributed by atoms with Gasteiger partial charge in [-0.3, -0.25) is 0 Å². The zero-order valence-corrected chi connectivity index (χ0v) is 14.1. The first kappa shape index (κ1) is 20.2. The topological polar surface area (TPSA) is 102 Å². The standard InChI is InChI=1S/C16H14F3NO7/c1-25-14(23)8-6-27-7-20(12(8)15(24)26-2)10-5-3-4-9(16(17,18)19)11(10)13(21)22/h3-5H,6-7H2,1-2H3,(H,21,22). The molecule has 0 atom stereocenters. The Balaban J connectivity index is 2.77. The van der Waals surface area contributed by atoms with Crippen molar-refractivity contribution in [3.8, 4) is 0 Å². The van der Waals surface area contributed by atoms with Crippen molar-refractivity contribution < 1.29 is 46.9 Å². The Morgan fingerprint density at radius 3 is 2.30 bits per heavy atom. The molecule has 0 radical (unpaired) electrons. The number of rotatable bonds is 4. The molecular weight excluding hydrogens is 375 g/mol. The van der Waals surface area contributed by atoms with Gasteiger partial charge in [-0.2, -0.15) is 13.2 Å². The molecule has 0 amide bonds. The fourth-order valence-corrected chi connectivity index (χ4v) is 2.56. The summed E-state index contributed by atoms with van der Waals surface area (Å²) in [6, 6.07) is 2.64. The number of carboxylic acid groups (broad SMARTS) is 1. The van der Waals surface area contributed by atoms with E-state index in [-0.39, 0.29) is 12.2 Å². The molecule has 0 spiro atoms. The second-order valence-corrected chi connectivity index (χ2v) is 5.22. The van der Waals surface area contributed by atoms with Gasteiger partial charge in [-0.1, -0.05) is 6.07 Å². The van der Waals surface area contributed by atoms with Crippen molar-refractivity contribution in [1.82, 2.24) is 0 Å². The zero-order valence-electron chi connectivity index (χ0n) is 14.1. The molecule has 0 fully saturated rings. The fraction of sp³-hybridized carbons (Fsp3) is 0.312. The lowest BCUT2D eigenvalue weighted by molar-refractivity contribution is -0.140. The number of carbonyl (C=O) groups is 3. The molecule has 146 valence electrons. The smallest absolute Gasteiger partial charge is 0.417 e. The third kappa shape index (κ3) is 3.87. The normalized spacial score (nSPS) is 14.8. The summed E-state index contributed by atoms with van der Waals surface area (Å²) in [6.45, 7) is -0.846. The molecule has 0 saturated carbocycles. The van der Waals surface area contributed by atoms with Crippen molar-refractivity contribution in [2.75, 3.05) is 32.5 Å². The number of carbonyl (C=O) groups excluding carboxylic acids is 2. The molecular formula is C16H14F3NO7. The Morgan fingerprint density at radius 2 is 1.78 bits per heavy atom. The van der Waals surface area contributed by atoms with Crippen LogP contribution in [-0.4, -0.2) is 50.6 Å². The maximum absolute atomic E-state index is 13.2. The van der Waals surface area contributed by atoms with Crippen molar-refractivity contribution in [2.24, 2.45) is 0 Å². The average molecular weight is 389 g/mol. The van der Waals surface area contributed by atoms with Gasteiger partial charge < -0.3 is 24.2 Å². The summed E-state index contributed by atoms with van der Waals surface area (Å²) in [7, 11) is 2.04. The summed E-state index contributed by atoms with van der Waals surface area (Å²) in [5, 5.41) is 9.35. The van der Waals surface area contributed by atoms with Crippen LogP contribution < -0.4 is 4.90 Å². The van der Waals surface area contributed by atoms with Crippen LogP contribution in [0.4, 0.5) is 18.9 Å². The van der Waals surface area contributed by atoms with Crippen LogP contribution in [-0.2, 0) is 30.0 Å². The molecule has 0 aromatic heterocycles. The second kappa shape index (κ2) is 7.66. The zero-order chi connectivity index (χ0) is 20.4. The highest BCUT2D eigenvalue weighted by atomic mass is 19.4. The molecule has 11 heteroatoms. The van der Waals surface area contributed by atoms with Crippen LogP contribution in [0.1, 0.15) is 15.9 Å². The van der Waals surface area contributed by atoms with Gasteiger partial charge in [0.2, 0.25) is 0 Å². The van der Waals surface area contributed by atoms with Crippen LogP contribution in [0.5, 0.6) is 0 Å². The Morgan fingerprint density at radius 1 is 1.15 bits per heavy atom. The highest BCUT2D eigenvalue weighted by Crippen LogP contribution is 2.38. The lowest BCUT2D eigenvalue weighted by atomic mass is 10.0. The summed E-state index contributed by atoms with van der Waals surface area (Å²) >= 11 is 0. The van der Waals surface area contributed by atoms with Crippen LogP contribution in [0, 0.1) is 0 Å². The number of nitrogens with zero attached hydrogens (tertiary/aromatic N) is 1. The number of alkyl halides is 3. The van der Waals surface area contributed by atoms with E-state index in [1.807, 2.05) is 0 Å². The van der Waals surface area contributed by atoms with E-state index in [4.69, 9.17) is 4.74 Å². The van der Waals surface area contributed by atoms with Crippen LogP contribution >= 0.6 is 0 Å². The van der Waals surface area contributed by atoms with Crippen LogP contribution in [0.15, 0.2) is 29.5 Å². The van der Waals surface area contributed by atoms with E-state index in [9.17, 15) is 32.7 Å². The predicted octanol–water partition coefficient (Wildman–Crippen LogP) is 1.80. The molecule has 1 heterocycles. The number of aromatic carboxylic acids is 1. The van der Waals surface area contributed by atoms with Crippen LogP contribution in [0.2, 0.25) is 0 Å². The van der Waals surface area contributed by atoms with Crippen LogP contribution in [0.3, 0.4) is 0 Å². The van der Waals surface area contributed by atoms with E-state index in [0.717, 1.165) is 31.3 Å². The lowest BCUT2D eigenvalue weighted by Gasteiger charge is -2.32.